The van der Waals surface area contributed by atoms with Crippen molar-refractivity contribution in [1.29, 1.82) is 0 Å². The molecule has 558 valence electrons. The summed E-state index contributed by atoms with van der Waals surface area (Å²) in [5.41, 5.74) is 36.1. The SMILES string of the molecule is CC(C)c1cc(-c2cc3c(c4oc5ccccc5c24)B2c4c(cc(-n5c6ccccc6c6ccccc65)cc4N(c4ccc(-c5cc(C(C)(C)C)cc(C(C)(C)C)c5)cc4)c4cc(-c5cc(C(C)C)cc(C(C)C)c5)c5c(oc6ccccc65)c42)N3c2ccc(-c3cc(C(C)(C)C)cc(C(C)(C)C)c3)cc2)cc(C(C)C)c1. The van der Waals surface area contributed by atoms with E-state index in [1.54, 1.807) is 0 Å². The van der Waals surface area contributed by atoms with Crippen molar-refractivity contribution < 1.29 is 8.83 Å². The first kappa shape index (κ1) is 72.5. The molecule has 0 unspecified atom stereocenters. The quantitative estimate of drug-likeness (QED) is 0.121. The number of para-hydroxylation sites is 4. The first-order valence-corrected chi connectivity index (χ1v) is 40.9. The van der Waals surface area contributed by atoms with Crippen LogP contribution in [0, 0.1) is 0 Å². The van der Waals surface area contributed by atoms with Crippen molar-refractivity contribution in [2.75, 3.05) is 9.80 Å². The second-order valence-corrected chi connectivity index (χ2v) is 37.8. The molecule has 0 saturated heterocycles. The van der Waals surface area contributed by atoms with E-state index < -0.39 is 6.71 Å². The van der Waals surface area contributed by atoms with Crippen LogP contribution < -0.4 is 26.2 Å². The lowest BCUT2D eigenvalue weighted by molar-refractivity contribution is 0.568. The van der Waals surface area contributed by atoms with Crippen molar-refractivity contribution >= 4 is 123 Å². The number of nitrogens with zero attached hydrogens (tertiary/aromatic N) is 3. The summed E-state index contributed by atoms with van der Waals surface area (Å²) >= 11 is 0. The third-order valence-corrected chi connectivity index (χ3v) is 24.6. The highest BCUT2D eigenvalue weighted by Crippen LogP contribution is 2.54. The Labute approximate surface area is 663 Å². The summed E-state index contributed by atoms with van der Waals surface area (Å²) in [5.74, 6) is 1.15. The molecular formula is C106H104BN3O2. The van der Waals surface area contributed by atoms with Crippen LogP contribution in [-0.2, 0) is 21.7 Å². The van der Waals surface area contributed by atoms with E-state index >= 15 is 0 Å². The smallest absolute Gasteiger partial charge is 0.261 e. The lowest BCUT2D eigenvalue weighted by Crippen LogP contribution is -2.61. The summed E-state index contributed by atoms with van der Waals surface area (Å²) in [6.07, 6.45) is 0. The average Bonchev–Trinajstić information content (AvgIpc) is 1.23. The minimum absolute atomic E-state index is 0.0663. The maximum atomic E-state index is 7.90. The highest BCUT2D eigenvalue weighted by Gasteiger charge is 2.49. The molecule has 2 aliphatic heterocycles. The summed E-state index contributed by atoms with van der Waals surface area (Å²) in [6.45, 7) is 46.2. The van der Waals surface area contributed by atoms with Gasteiger partial charge in [-0.15, -0.1) is 0 Å². The second-order valence-electron chi connectivity index (χ2n) is 37.8. The van der Waals surface area contributed by atoms with Crippen molar-refractivity contribution in [2.45, 2.75) is 184 Å². The van der Waals surface area contributed by atoms with Gasteiger partial charge in [-0.05, 0) is 224 Å². The van der Waals surface area contributed by atoms with Crippen LogP contribution in [0.2, 0.25) is 0 Å². The molecule has 0 radical (unpaired) electrons. The number of benzene rings is 13. The number of hydrogen-bond acceptors (Lipinski definition) is 4. The van der Waals surface area contributed by atoms with Gasteiger partial charge in [0.05, 0.1) is 16.7 Å². The van der Waals surface area contributed by atoms with E-state index in [-0.39, 0.29) is 45.3 Å². The zero-order valence-corrected chi connectivity index (χ0v) is 69.1. The molecule has 3 aromatic heterocycles. The molecule has 18 rings (SSSR count). The summed E-state index contributed by atoms with van der Waals surface area (Å²) in [4.78, 5) is 5.25. The first-order chi connectivity index (χ1) is 53.3. The molecule has 0 atom stereocenters. The van der Waals surface area contributed by atoms with Gasteiger partial charge >= 0.3 is 0 Å². The maximum Gasteiger partial charge on any atom is 0.261 e. The van der Waals surface area contributed by atoms with E-state index in [4.69, 9.17) is 8.83 Å². The fraction of sp³-hybridized carbons (Fsp3) is 0.264. The van der Waals surface area contributed by atoms with Crippen LogP contribution in [0.3, 0.4) is 0 Å². The number of fused-ring (bicyclic) bond motifs is 15. The van der Waals surface area contributed by atoms with Gasteiger partial charge in [-0.2, -0.15) is 0 Å². The fourth-order valence-corrected chi connectivity index (χ4v) is 18.0. The summed E-state index contributed by atoms with van der Waals surface area (Å²) < 4.78 is 18.3. The van der Waals surface area contributed by atoms with Crippen LogP contribution in [0.15, 0.2) is 251 Å². The molecule has 0 N–H and O–H groups in total. The van der Waals surface area contributed by atoms with E-state index in [9.17, 15) is 0 Å². The van der Waals surface area contributed by atoms with Crippen LogP contribution in [0.25, 0.3) is 116 Å². The standard InChI is InChI=1S/C106H104BN3O2/c1-61(2)67-45-68(62(3)4)48-73(47-67)86-59-92-99(101-96(86)84-31-23-27-35-94(84)111-101)107-98-90(108(92)79-41-37-65(38-42-79)71-51-75(103(9,10)11)55-76(52-71)104(12,13)14)57-81(110-88-33-25-21-29-82(88)83-30-22-26-34-89(83)110)58-91(98)109(80-43-39-66(40-44-80)72-53-77(105(15,16)17)56-78(54-72)106(18,19)20)93-60-87(74-49-69(63(5)6)46-70(50-74)64(7)8)97-85-32-24-28-36-95(85)112-102(97)100(93)107/h21-64H,1-20H3. The molecule has 13 aromatic carbocycles. The van der Waals surface area contributed by atoms with Crippen LogP contribution in [0.1, 0.15) is 207 Å². The molecule has 0 spiro atoms. The van der Waals surface area contributed by atoms with Gasteiger partial charge in [-0.25, -0.2) is 0 Å². The molecule has 112 heavy (non-hydrogen) atoms. The molecule has 0 fully saturated rings. The molecule has 0 amide bonds. The van der Waals surface area contributed by atoms with Crippen LogP contribution in [-0.4, -0.2) is 11.3 Å². The Morgan fingerprint density at radius 3 is 0.920 bits per heavy atom. The lowest BCUT2D eigenvalue weighted by atomic mass is 9.33. The van der Waals surface area contributed by atoms with Gasteiger partial charge in [0.1, 0.15) is 22.3 Å². The Morgan fingerprint density at radius 1 is 0.277 bits per heavy atom. The van der Waals surface area contributed by atoms with Crippen LogP contribution in [0.4, 0.5) is 34.1 Å². The average molecular weight is 1460 g/mol. The number of aromatic nitrogens is 1. The molecule has 6 heteroatoms. The summed E-state index contributed by atoms with van der Waals surface area (Å²) in [5, 5.41) is 6.79. The monoisotopic (exact) mass is 1460 g/mol. The predicted molar refractivity (Wildman–Crippen MR) is 482 cm³/mol. The van der Waals surface area contributed by atoms with Crippen molar-refractivity contribution in [1.82, 2.24) is 4.57 Å². The van der Waals surface area contributed by atoms with Crippen molar-refractivity contribution in [3.05, 3.63) is 287 Å². The van der Waals surface area contributed by atoms with Gasteiger partial charge in [0.25, 0.3) is 6.71 Å². The Kier molecular flexibility index (Phi) is 17.0. The molecule has 5 heterocycles. The molecule has 0 saturated carbocycles. The maximum absolute atomic E-state index is 7.90. The van der Waals surface area contributed by atoms with Crippen molar-refractivity contribution in [3.63, 3.8) is 0 Å². The highest BCUT2D eigenvalue weighted by atomic mass is 16.3. The largest absolute Gasteiger partial charge is 0.456 e. The molecule has 0 bridgehead atoms. The predicted octanol–water partition coefficient (Wildman–Crippen LogP) is 29.0. The van der Waals surface area contributed by atoms with E-state index in [0.717, 1.165) is 122 Å². The minimum atomic E-state index is -0.462. The molecule has 5 nitrogen and oxygen atoms in total. The normalized spacial score (nSPS) is 13.4. The van der Waals surface area contributed by atoms with Gasteiger partial charge in [0.15, 0.2) is 0 Å². The Hall–Kier alpha value is -11.1. The van der Waals surface area contributed by atoms with Gasteiger partial charge in [-0.1, -0.05) is 308 Å². The zero-order valence-electron chi connectivity index (χ0n) is 69.1. The van der Waals surface area contributed by atoms with Gasteiger partial charge < -0.3 is 23.2 Å². The van der Waals surface area contributed by atoms with Crippen molar-refractivity contribution in [2.24, 2.45) is 0 Å². The van der Waals surface area contributed by atoms with E-state index in [2.05, 4.69) is 395 Å². The van der Waals surface area contributed by atoms with Crippen molar-refractivity contribution in [3.8, 4) is 50.2 Å². The van der Waals surface area contributed by atoms with Crippen LogP contribution >= 0.6 is 0 Å². The first-order valence-electron chi connectivity index (χ1n) is 40.9. The van der Waals surface area contributed by atoms with Crippen LogP contribution in [0.5, 0.6) is 0 Å². The van der Waals surface area contributed by atoms with Gasteiger partial charge in [0, 0.05) is 66.4 Å². The molecular weight excluding hydrogens is 1360 g/mol. The van der Waals surface area contributed by atoms with E-state index in [1.807, 2.05) is 0 Å². The number of rotatable bonds is 11. The molecule has 2 aliphatic rings. The summed E-state index contributed by atoms with van der Waals surface area (Å²) in [7, 11) is 0. The minimum Gasteiger partial charge on any atom is -0.456 e. The number of hydrogen-bond donors (Lipinski definition) is 0. The lowest BCUT2D eigenvalue weighted by Gasteiger charge is -2.44. The van der Waals surface area contributed by atoms with E-state index in [1.165, 1.54) is 88.7 Å². The second kappa shape index (κ2) is 26.3. The molecule has 16 aromatic rings. The Morgan fingerprint density at radius 2 is 0.589 bits per heavy atom. The summed E-state index contributed by atoms with van der Waals surface area (Å²) in [6, 6.07) is 94.1. The topological polar surface area (TPSA) is 37.7 Å². The number of furan rings is 2. The Balaban J connectivity index is 1.03. The zero-order chi connectivity index (χ0) is 78.3. The van der Waals surface area contributed by atoms with Gasteiger partial charge in [0.2, 0.25) is 0 Å². The van der Waals surface area contributed by atoms with E-state index in [0.29, 0.717) is 0 Å². The number of anilines is 6. The Bertz CT molecular complexity index is 5990. The molecule has 0 aliphatic carbocycles. The third kappa shape index (κ3) is 12.0. The van der Waals surface area contributed by atoms with Gasteiger partial charge in [-0.3, -0.25) is 0 Å². The fourth-order valence-electron chi connectivity index (χ4n) is 18.0. The third-order valence-electron chi connectivity index (χ3n) is 24.6. The highest BCUT2D eigenvalue weighted by molar-refractivity contribution is 7.03.